The maximum absolute atomic E-state index is 11.8. The van der Waals surface area contributed by atoms with Gasteiger partial charge < -0.3 is 10.4 Å². The molecule has 0 spiro atoms. The molecular formula is C13H14N2O4. The third kappa shape index (κ3) is 2.90. The van der Waals surface area contributed by atoms with Crippen LogP contribution in [0, 0.1) is 0 Å². The lowest BCUT2D eigenvalue weighted by molar-refractivity contribution is -0.137. The van der Waals surface area contributed by atoms with Crippen LogP contribution in [0.25, 0.3) is 0 Å². The lowest BCUT2D eigenvalue weighted by Crippen LogP contribution is -2.29. The van der Waals surface area contributed by atoms with Crippen molar-refractivity contribution in [3.8, 4) is 0 Å². The lowest BCUT2D eigenvalue weighted by Gasteiger charge is -2.15. The summed E-state index contributed by atoms with van der Waals surface area (Å²) in [7, 11) is 0. The highest BCUT2D eigenvalue weighted by Crippen LogP contribution is 2.21. The van der Waals surface area contributed by atoms with Gasteiger partial charge in [-0.2, -0.15) is 0 Å². The van der Waals surface area contributed by atoms with Crippen LogP contribution in [-0.2, 0) is 4.79 Å². The molecule has 1 atom stereocenters. The van der Waals surface area contributed by atoms with Crippen molar-refractivity contribution >= 4 is 23.5 Å². The molecule has 2 rings (SSSR count). The Balaban J connectivity index is 2.18. The fourth-order valence-corrected chi connectivity index (χ4v) is 2.04. The van der Waals surface area contributed by atoms with Crippen LogP contribution in [0.2, 0.25) is 0 Å². The standard InChI is InChI=1S/C13H14N2O4/c1-8(16)9-3-2-4-11(5-9)15-7-10(6-12(17)18)14-13(15)19/h2-5,10H,6-7H2,1H3,(H,14,19)(H,17,18). The summed E-state index contributed by atoms with van der Waals surface area (Å²) in [5, 5.41) is 11.3. The fraction of sp³-hybridized carbons (Fsp3) is 0.308. The van der Waals surface area contributed by atoms with E-state index in [4.69, 9.17) is 5.11 Å². The molecule has 0 radical (unpaired) electrons. The van der Waals surface area contributed by atoms with E-state index in [1.807, 2.05) is 0 Å². The van der Waals surface area contributed by atoms with Crippen molar-refractivity contribution in [3.05, 3.63) is 29.8 Å². The van der Waals surface area contributed by atoms with Gasteiger partial charge in [-0.3, -0.25) is 14.5 Å². The number of rotatable bonds is 4. The summed E-state index contributed by atoms with van der Waals surface area (Å²) in [5.41, 5.74) is 1.12. The smallest absolute Gasteiger partial charge is 0.322 e. The van der Waals surface area contributed by atoms with Gasteiger partial charge in [-0.05, 0) is 19.1 Å². The summed E-state index contributed by atoms with van der Waals surface area (Å²) in [6, 6.07) is 5.97. The zero-order valence-electron chi connectivity index (χ0n) is 10.4. The van der Waals surface area contributed by atoms with E-state index < -0.39 is 12.0 Å². The minimum Gasteiger partial charge on any atom is -0.481 e. The Bertz CT molecular complexity index is 541. The molecule has 0 aliphatic carbocycles. The maximum Gasteiger partial charge on any atom is 0.322 e. The lowest BCUT2D eigenvalue weighted by atomic mass is 10.1. The fourth-order valence-electron chi connectivity index (χ4n) is 2.04. The molecular weight excluding hydrogens is 248 g/mol. The second kappa shape index (κ2) is 5.09. The Morgan fingerprint density at radius 2 is 2.21 bits per heavy atom. The monoisotopic (exact) mass is 262 g/mol. The molecule has 6 nitrogen and oxygen atoms in total. The maximum atomic E-state index is 11.8. The number of Topliss-reactive ketones (excluding diaryl/α,β-unsaturated/α-hetero) is 1. The van der Waals surface area contributed by atoms with E-state index in [2.05, 4.69) is 5.32 Å². The molecule has 1 aromatic rings. The highest BCUT2D eigenvalue weighted by molar-refractivity contribution is 5.98. The molecule has 1 aliphatic rings. The quantitative estimate of drug-likeness (QED) is 0.800. The number of carboxylic acid groups (broad SMARTS) is 1. The number of benzene rings is 1. The van der Waals surface area contributed by atoms with E-state index in [-0.39, 0.29) is 24.8 Å². The third-order valence-electron chi connectivity index (χ3n) is 2.96. The van der Waals surface area contributed by atoms with Crippen LogP contribution in [0.15, 0.2) is 24.3 Å². The molecule has 1 fully saturated rings. The predicted octanol–water partition coefficient (Wildman–Crippen LogP) is 1.26. The molecule has 1 aliphatic heterocycles. The Kier molecular flexibility index (Phi) is 3.50. The number of carbonyl (C=O) groups excluding carboxylic acids is 2. The van der Waals surface area contributed by atoms with Gasteiger partial charge >= 0.3 is 12.0 Å². The molecule has 6 heteroatoms. The number of ketones is 1. The molecule has 0 saturated carbocycles. The topological polar surface area (TPSA) is 86.7 Å². The van der Waals surface area contributed by atoms with E-state index in [0.717, 1.165) is 0 Å². The molecule has 1 aromatic carbocycles. The number of hydrogen-bond acceptors (Lipinski definition) is 3. The number of aliphatic carboxylic acids is 1. The number of carboxylic acids is 1. The first kappa shape index (κ1) is 13.1. The van der Waals surface area contributed by atoms with Gasteiger partial charge in [0.2, 0.25) is 0 Å². The van der Waals surface area contributed by atoms with Gasteiger partial charge in [0.05, 0.1) is 12.5 Å². The summed E-state index contributed by atoms with van der Waals surface area (Å²) in [4.78, 5) is 35.2. The number of amides is 2. The number of urea groups is 1. The first-order chi connectivity index (χ1) is 8.97. The van der Waals surface area contributed by atoms with E-state index >= 15 is 0 Å². The number of hydrogen-bond donors (Lipinski definition) is 2. The number of nitrogens with zero attached hydrogens (tertiary/aromatic N) is 1. The van der Waals surface area contributed by atoms with E-state index in [9.17, 15) is 14.4 Å². The van der Waals surface area contributed by atoms with Crippen molar-refractivity contribution in [3.63, 3.8) is 0 Å². The molecule has 2 N–H and O–H groups in total. The van der Waals surface area contributed by atoms with Crippen LogP contribution in [0.3, 0.4) is 0 Å². The van der Waals surface area contributed by atoms with Crippen molar-refractivity contribution in [2.75, 3.05) is 11.4 Å². The minimum atomic E-state index is -0.954. The third-order valence-corrected chi connectivity index (χ3v) is 2.96. The summed E-state index contributed by atoms with van der Waals surface area (Å²) in [6.07, 6.45) is -0.116. The van der Waals surface area contributed by atoms with Crippen molar-refractivity contribution in [1.29, 1.82) is 0 Å². The van der Waals surface area contributed by atoms with Gasteiger partial charge in [0.1, 0.15) is 0 Å². The van der Waals surface area contributed by atoms with Crippen LogP contribution in [0.1, 0.15) is 23.7 Å². The second-order valence-electron chi connectivity index (χ2n) is 4.46. The minimum absolute atomic E-state index is 0.0801. The molecule has 1 heterocycles. The molecule has 100 valence electrons. The van der Waals surface area contributed by atoms with Crippen molar-refractivity contribution in [2.45, 2.75) is 19.4 Å². The van der Waals surface area contributed by atoms with Gasteiger partial charge in [-0.1, -0.05) is 12.1 Å². The highest BCUT2D eigenvalue weighted by atomic mass is 16.4. The summed E-state index contributed by atoms with van der Waals surface area (Å²) >= 11 is 0. The summed E-state index contributed by atoms with van der Waals surface area (Å²) < 4.78 is 0. The second-order valence-corrected chi connectivity index (χ2v) is 4.46. The van der Waals surface area contributed by atoms with Crippen LogP contribution >= 0.6 is 0 Å². The van der Waals surface area contributed by atoms with Crippen LogP contribution in [0.4, 0.5) is 10.5 Å². The van der Waals surface area contributed by atoms with E-state index in [1.165, 1.54) is 11.8 Å². The Morgan fingerprint density at radius 3 is 2.84 bits per heavy atom. The summed E-state index contributed by atoms with van der Waals surface area (Å²) in [5.74, 6) is -1.03. The van der Waals surface area contributed by atoms with E-state index in [1.54, 1.807) is 24.3 Å². The van der Waals surface area contributed by atoms with Crippen molar-refractivity contribution in [2.24, 2.45) is 0 Å². The first-order valence-corrected chi connectivity index (χ1v) is 5.88. The molecule has 1 saturated heterocycles. The Morgan fingerprint density at radius 1 is 1.47 bits per heavy atom. The first-order valence-electron chi connectivity index (χ1n) is 5.88. The van der Waals surface area contributed by atoms with E-state index in [0.29, 0.717) is 11.3 Å². The van der Waals surface area contributed by atoms with Crippen LogP contribution in [-0.4, -0.2) is 35.5 Å². The molecule has 19 heavy (non-hydrogen) atoms. The number of nitrogens with one attached hydrogen (secondary N) is 1. The van der Waals surface area contributed by atoms with Gasteiger partial charge in [-0.15, -0.1) is 0 Å². The largest absolute Gasteiger partial charge is 0.481 e. The summed E-state index contributed by atoms with van der Waals surface area (Å²) in [6.45, 7) is 1.74. The highest BCUT2D eigenvalue weighted by Gasteiger charge is 2.31. The molecule has 0 bridgehead atoms. The molecule has 0 aromatic heterocycles. The number of carbonyl (C=O) groups is 3. The number of anilines is 1. The zero-order chi connectivity index (χ0) is 14.0. The van der Waals surface area contributed by atoms with Gasteiger partial charge in [0.25, 0.3) is 0 Å². The Hall–Kier alpha value is -2.37. The van der Waals surface area contributed by atoms with Crippen LogP contribution in [0.5, 0.6) is 0 Å². The van der Waals surface area contributed by atoms with Crippen molar-refractivity contribution < 1.29 is 19.5 Å². The molecule has 1 unspecified atom stereocenters. The Labute approximate surface area is 110 Å². The SMILES string of the molecule is CC(=O)c1cccc(N2CC(CC(=O)O)NC2=O)c1. The van der Waals surface area contributed by atoms with Gasteiger partial charge in [-0.25, -0.2) is 4.79 Å². The average Bonchev–Trinajstić information content (AvgIpc) is 2.69. The van der Waals surface area contributed by atoms with Gasteiger partial charge in [0, 0.05) is 17.8 Å². The molecule has 2 amide bonds. The average molecular weight is 262 g/mol. The van der Waals surface area contributed by atoms with Gasteiger partial charge in [0.15, 0.2) is 5.78 Å². The normalized spacial score (nSPS) is 18.3. The zero-order valence-corrected chi connectivity index (χ0v) is 10.4. The van der Waals surface area contributed by atoms with Crippen LogP contribution < -0.4 is 10.2 Å². The predicted molar refractivity (Wildman–Crippen MR) is 68.4 cm³/mol. The van der Waals surface area contributed by atoms with Crippen molar-refractivity contribution in [1.82, 2.24) is 5.32 Å².